The number of amides is 1. The molecule has 2 aromatic carbocycles. The van der Waals surface area contributed by atoms with Gasteiger partial charge < -0.3 is 14.8 Å². The summed E-state index contributed by atoms with van der Waals surface area (Å²) in [5.74, 6) is 0.254. The fourth-order valence-electron chi connectivity index (χ4n) is 5.16. The number of H-pyrrole nitrogens is 1. The number of aromatic nitrogens is 1. The molecule has 1 amide bonds. The van der Waals surface area contributed by atoms with Crippen molar-refractivity contribution in [3.05, 3.63) is 65.9 Å². The third-order valence-corrected chi connectivity index (χ3v) is 7.01. The number of likely N-dealkylation sites (tertiary alicyclic amines) is 1. The van der Waals surface area contributed by atoms with Crippen LogP contribution in [-0.4, -0.2) is 61.5 Å². The van der Waals surface area contributed by atoms with E-state index >= 15 is 0 Å². The van der Waals surface area contributed by atoms with Crippen LogP contribution in [0.15, 0.2) is 54.6 Å². The van der Waals surface area contributed by atoms with Gasteiger partial charge in [0.15, 0.2) is 0 Å². The number of nitrogens with zero attached hydrogens (tertiary/aromatic N) is 3. The predicted molar refractivity (Wildman–Crippen MR) is 129 cm³/mol. The van der Waals surface area contributed by atoms with Gasteiger partial charge in [0, 0.05) is 55.2 Å². The molecule has 0 saturated carbocycles. The summed E-state index contributed by atoms with van der Waals surface area (Å²) in [6, 6.07) is 19.1. The topological polar surface area (TPSA) is 42.6 Å². The van der Waals surface area contributed by atoms with E-state index in [0.29, 0.717) is 6.42 Å². The smallest absolute Gasteiger partial charge is 0.224 e. The van der Waals surface area contributed by atoms with Gasteiger partial charge in [-0.3, -0.25) is 9.69 Å². The molecule has 31 heavy (non-hydrogen) atoms. The van der Waals surface area contributed by atoms with Crippen molar-refractivity contribution in [3.63, 3.8) is 0 Å². The van der Waals surface area contributed by atoms with Gasteiger partial charge in [-0.2, -0.15) is 0 Å². The summed E-state index contributed by atoms with van der Waals surface area (Å²) in [6.45, 7) is 4.43. The zero-order chi connectivity index (χ0) is 22.0. The lowest BCUT2D eigenvalue weighted by Gasteiger charge is -2.46. The van der Waals surface area contributed by atoms with Crippen LogP contribution < -0.4 is 4.90 Å². The van der Waals surface area contributed by atoms with Gasteiger partial charge in [0.1, 0.15) is 0 Å². The highest BCUT2D eigenvalue weighted by molar-refractivity contribution is 5.94. The Labute approximate surface area is 185 Å². The Morgan fingerprint density at radius 3 is 2.32 bits per heavy atom. The minimum atomic E-state index is 0.00990. The number of anilines is 1. The Hall–Kier alpha value is -2.79. The molecule has 164 valence electrons. The molecule has 0 aliphatic carbocycles. The summed E-state index contributed by atoms with van der Waals surface area (Å²) in [5.41, 5.74) is 4.84. The first-order valence-corrected chi connectivity index (χ1v) is 11.2. The molecule has 0 atom stereocenters. The molecule has 0 radical (unpaired) electrons. The lowest BCUT2D eigenvalue weighted by molar-refractivity contribution is -0.133. The van der Waals surface area contributed by atoms with Crippen molar-refractivity contribution in [1.29, 1.82) is 0 Å². The van der Waals surface area contributed by atoms with Gasteiger partial charge in [-0.25, -0.2) is 0 Å². The minimum absolute atomic E-state index is 0.00990. The normalized spacial score (nSPS) is 16.1. The molecule has 1 saturated heterocycles. The van der Waals surface area contributed by atoms with E-state index in [1.807, 2.05) is 6.07 Å². The van der Waals surface area contributed by atoms with Crippen LogP contribution in [0.1, 0.15) is 30.5 Å². The maximum atomic E-state index is 13.0. The van der Waals surface area contributed by atoms with Gasteiger partial charge in [0.05, 0.1) is 5.69 Å². The van der Waals surface area contributed by atoms with E-state index in [1.165, 1.54) is 16.6 Å². The Bertz CT molecular complexity index is 1030. The molecule has 1 fully saturated rings. The van der Waals surface area contributed by atoms with Gasteiger partial charge in [-0.05, 0) is 45.5 Å². The van der Waals surface area contributed by atoms with Gasteiger partial charge in [-0.1, -0.05) is 48.5 Å². The Balaban J connectivity index is 1.38. The molecule has 1 aliphatic rings. The highest BCUT2D eigenvalue weighted by Crippen LogP contribution is 2.37. The number of aromatic amines is 1. The molecule has 5 nitrogen and oxygen atoms in total. The third-order valence-electron chi connectivity index (χ3n) is 7.01. The molecule has 0 unspecified atom stereocenters. The fraction of sp³-hybridized carbons (Fsp3) is 0.423. The number of carbonyl (C=O) groups excluding carboxylic acids is 1. The molecule has 1 N–H and O–H groups in total. The monoisotopic (exact) mass is 418 g/mol. The lowest BCUT2D eigenvalue weighted by atomic mass is 9.79. The third kappa shape index (κ3) is 4.07. The molecule has 2 heterocycles. The number of benzene rings is 2. The molecule has 4 rings (SSSR count). The maximum Gasteiger partial charge on any atom is 0.224 e. The average molecular weight is 419 g/mol. The fourth-order valence-corrected chi connectivity index (χ4v) is 5.16. The van der Waals surface area contributed by atoms with Gasteiger partial charge >= 0.3 is 0 Å². The van der Waals surface area contributed by atoms with E-state index in [1.54, 1.807) is 0 Å². The van der Waals surface area contributed by atoms with Crippen molar-refractivity contribution in [2.45, 2.75) is 31.7 Å². The number of carbonyl (C=O) groups is 1. The number of para-hydroxylation sites is 1. The van der Waals surface area contributed by atoms with Gasteiger partial charge in [0.2, 0.25) is 5.91 Å². The molecular weight excluding hydrogens is 384 g/mol. The number of piperidine rings is 1. The second kappa shape index (κ2) is 8.75. The maximum absolute atomic E-state index is 13.0. The number of hydrogen-bond acceptors (Lipinski definition) is 3. The van der Waals surface area contributed by atoms with E-state index in [2.05, 4.69) is 96.3 Å². The minimum Gasteiger partial charge on any atom is -0.372 e. The zero-order valence-electron chi connectivity index (χ0n) is 19.2. The second-order valence-corrected chi connectivity index (χ2v) is 8.99. The van der Waals surface area contributed by atoms with E-state index in [0.717, 1.165) is 43.7 Å². The highest BCUT2D eigenvalue weighted by atomic mass is 16.2. The quantitative estimate of drug-likeness (QED) is 0.646. The molecule has 0 bridgehead atoms. The SMILES string of the molecule is Cc1[nH]c2ccccc2c1N(C)CCC(=O)N1CCC(c2ccccc2)(N(C)C)CC1. The number of hydrogen-bond donors (Lipinski definition) is 1. The summed E-state index contributed by atoms with van der Waals surface area (Å²) in [7, 11) is 6.39. The van der Waals surface area contributed by atoms with Crippen molar-refractivity contribution >= 4 is 22.5 Å². The second-order valence-electron chi connectivity index (χ2n) is 8.99. The van der Waals surface area contributed by atoms with E-state index < -0.39 is 0 Å². The molecule has 1 aliphatic heterocycles. The van der Waals surface area contributed by atoms with Crippen LogP contribution in [0.3, 0.4) is 0 Å². The Morgan fingerprint density at radius 1 is 1.00 bits per heavy atom. The number of rotatable bonds is 6. The first-order valence-electron chi connectivity index (χ1n) is 11.2. The number of fused-ring (bicyclic) bond motifs is 1. The molecular formula is C26H34N4O. The summed E-state index contributed by atoms with van der Waals surface area (Å²) in [4.78, 5) is 23.1. The van der Waals surface area contributed by atoms with E-state index in [-0.39, 0.29) is 11.4 Å². The first kappa shape index (κ1) is 21.4. The largest absolute Gasteiger partial charge is 0.372 e. The van der Waals surface area contributed by atoms with Crippen molar-refractivity contribution in [3.8, 4) is 0 Å². The molecule has 3 aromatic rings. The first-order chi connectivity index (χ1) is 14.9. The number of nitrogens with one attached hydrogen (secondary N) is 1. The average Bonchev–Trinajstić information content (AvgIpc) is 3.13. The van der Waals surface area contributed by atoms with Crippen molar-refractivity contribution in [2.75, 3.05) is 45.7 Å². The van der Waals surface area contributed by atoms with Crippen LogP contribution in [0.25, 0.3) is 10.9 Å². The predicted octanol–water partition coefficient (Wildman–Crippen LogP) is 4.38. The van der Waals surface area contributed by atoms with Crippen LogP contribution in [0.2, 0.25) is 0 Å². The summed E-state index contributed by atoms with van der Waals surface area (Å²) in [5, 5.41) is 1.21. The van der Waals surface area contributed by atoms with Crippen molar-refractivity contribution in [2.24, 2.45) is 0 Å². The molecule has 1 aromatic heterocycles. The van der Waals surface area contributed by atoms with E-state index in [9.17, 15) is 4.79 Å². The Morgan fingerprint density at radius 2 is 1.65 bits per heavy atom. The van der Waals surface area contributed by atoms with Crippen molar-refractivity contribution in [1.82, 2.24) is 14.8 Å². The zero-order valence-corrected chi connectivity index (χ0v) is 19.2. The summed E-state index contributed by atoms with van der Waals surface area (Å²) >= 11 is 0. The summed E-state index contributed by atoms with van der Waals surface area (Å²) in [6.07, 6.45) is 2.47. The highest BCUT2D eigenvalue weighted by Gasteiger charge is 2.39. The molecule has 0 spiro atoms. The number of aryl methyl sites for hydroxylation is 1. The van der Waals surface area contributed by atoms with Crippen LogP contribution in [0, 0.1) is 6.92 Å². The lowest BCUT2D eigenvalue weighted by Crippen LogP contribution is -2.52. The van der Waals surface area contributed by atoms with Crippen LogP contribution in [0.5, 0.6) is 0 Å². The van der Waals surface area contributed by atoms with E-state index in [4.69, 9.17) is 0 Å². The van der Waals surface area contributed by atoms with Gasteiger partial charge in [0.25, 0.3) is 0 Å². The Kier molecular flexibility index (Phi) is 6.05. The molecule has 5 heteroatoms. The van der Waals surface area contributed by atoms with Crippen LogP contribution in [-0.2, 0) is 10.3 Å². The van der Waals surface area contributed by atoms with Crippen LogP contribution in [0.4, 0.5) is 5.69 Å². The van der Waals surface area contributed by atoms with Gasteiger partial charge in [-0.15, -0.1) is 0 Å². The summed E-state index contributed by atoms with van der Waals surface area (Å²) < 4.78 is 0. The van der Waals surface area contributed by atoms with Crippen LogP contribution >= 0.6 is 0 Å². The van der Waals surface area contributed by atoms with Crippen molar-refractivity contribution < 1.29 is 4.79 Å². The standard InChI is InChI=1S/C26H34N4O/c1-20-25(22-12-8-9-13-23(22)27-20)29(4)17-14-24(31)30-18-15-26(16-19-30,28(2)3)21-10-6-5-7-11-21/h5-13,27H,14-19H2,1-4H3.